The highest BCUT2D eigenvalue weighted by Gasteiger charge is 2.04. The standard InChI is InChI=1S/C17H21N3O2/c1-13(7-6-11-18-22-15(3)21)10-12-20-14(2)19-16-8-4-5-9-17(16)20/h4-5,8-11H,6-7,12H2,1-3H3/b13-10+,18-11?. The summed E-state index contributed by atoms with van der Waals surface area (Å²) in [5, 5.41) is 3.59. The van der Waals surface area contributed by atoms with Crippen molar-refractivity contribution in [1.82, 2.24) is 9.55 Å². The molecule has 0 bridgehead atoms. The van der Waals surface area contributed by atoms with Crippen LogP contribution in [-0.2, 0) is 16.2 Å². The molecule has 1 aromatic heterocycles. The molecule has 0 amide bonds. The summed E-state index contributed by atoms with van der Waals surface area (Å²) in [7, 11) is 0. The Balaban J connectivity index is 1.94. The highest BCUT2D eigenvalue weighted by Crippen LogP contribution is 2.16. The Bertz CT molecular complexity index is 714. The number of para-hydroxylation sites is 2. The van der Waals surface area contributed by atoms with Gasteiger partial charge in [-0.1, -0.05) is 28.9 Å². The maximum atomic E-state index is 10.6. The molecule has 2 aromatic rings. The second-order valence-corrected chi connectivity index (χ2v) is 5.22. The molecule has 0 spiro atoms. The first-order valence-electron chi connectivity index (χ1n) is 7.35. The Hall–Kier alpha value is -2.43. The van der Waals surface area contributed by atoms with Crippen molar-refractivity contribution >= 4 is 23.2 Å². The Morgan fingerprint density at radius 3 is 2.91 bits per heavy atom. The number of hydrogen-bond donors (Lipinski definition) is 0. The molecule has 0 aliphatic heterocycles. The van der Waals surface area contributed by atoms with E-state index in [-0.39, 0.29) is 0 Å². The van der Waals surface area contributed by atoms with Crippen molar-refractivity contribution in [2.45, 2.75) is 40.2 Å². The Kier molecular flexibility index (Phi) is 5.47. The van der Waals surface area contributed by atoms with Crippen LogP contribution in [0.25, 0.3) is 11.0 Å². The summed E-state index contributed by atoms with van der Waals surface area (Å²) in [6.07, 6.45) is 5.45. The summed E-state index contributed by atoms with van der Waals surface area (Å²) < 4.78 is 2.20. The summed E-state index contributed by atoms with van der Waals surface area (Å²) in [5.74, 6) is 0.618. The van der Waals surface area contributed by atoms with Gasteiger partial charge in [-0.3, -0.25) is 0 Å². The van der Waals surface area contributed by atoms with Crippen molar-refractivity contribution in [1.29, 1.82) is 0 Å². The van der Waals surface area contributed by atoms with Crippen molar-refractivity contribution < 1.29 is 9.63 Å². The minimum absolute atomic E-state index is 0.397. The minimum Gasteiger partial charge on any atom is -0.324 e. The Labute approximate surface area is 130 Å². The van der Waals surface area contributed by atoms with Gasteiger partial charge in [-0.2, -0.15) is 0 Å². The number of carbonyl (C=O) groups is 1. The van der Waals surface area contributed by atoms with Gasteiger partial charge in [-0.05, 0) is 38.8 Å². The van der Waals surface area contributed by atoms with E-state index in [1.54, 1.807) is 6.21 Å². The van der Waals surface area contributed by atoms with Crippen molar-refractivity contribution in [3.63, 3.8) is 0 Å². The Morgan fingerprint density at radius 1 is 1.36 bits per heavy atom. The second kappa shape index (κ2) is 7.54. The highest BCUT2D eigenvalue weighted by atomic mass is 16.7. The van der Waals surface area contributed by atoms with Gasteiger partial charge in [0.1, 0.15) is 5.82 Å². The molecule has 116 valence electrons. The van der Waals surface area contributed by atoms with Gasteiger partial charge in [0.2, 0.25) is 0 Å². The number of rotatable bonds is 6. The van der Waals surface area contributed by atoms with Gasteiger partial charge in [0.05, 0.1) is 11.0 Å². The van der Waals surface area contributed by atoms with E-state index in [9.17, 15) is 4.79 Å². The van der Waals surface area contributed by atoms with Crippen LogP contribution in [0.1, 0.15) is 32.5 Å². The van der Waals surface area contributed by atoms with Crippen LogP contribution in [0, 0.1) is 6.92 Å². The molecule has 1 heterocycles. The lowest BCUT2D eigenvalue weighted by atomic mass is 10.1. The highest BCUT2D eigenvalue weighted by molar-refractivity contribution is 5.75. The van der Waals surface area contributed by atoms with Crippen LogP contribution >= 0.6 is 0 Å². The number of allylic oxidation sites excluding steroid dienone is 2. The van der Waals surface area contributed by atoms with Crippen LogP contribution in [-0.4, -0.2) is 21.7 Å². The molecule has 0 aliphatic rings. The number of carbonyl (C=O) groups excluding carboxylic acids is 1. The predicted octanol–water partition coefficient (Wildman–Crippen LogP) is 3.62. The molecule has 0 fully saturated rings. The van der Waals surface area contributed by atoms with E-state index in [4.69, 9.17) is 0 Å². The van der Waals surface area contributed by atoms with Crippen LogP contribution in [0.15, 0.2) is 41.1 Å². The number of benzene rings is 1. The number of aryl methyl sites for hydroxylation is 1. The molecule has 5 nitrogen and oxygen atoms in total. The molecule has 1 aromatic carbocycles. The third-order valence-corrected chi connectivity index (χ3v) is 3.39. The summed E-state index contributed by atoms with van der Waals surface area (Å²) in [5.41, 5.74) is 3.45. The second-order valence-electron chi connectivity index (χ2n) is 5.22. The molecule has 5 heteroatoms. The van der Waals surface area contributed by atoms with E-state index in [0.29, 0.717) is 0 Å². The van der Waals surface area contributed by atoms with Crippen LogP contribution in [0.3, 0.4) is 0 Å². The largest absolute Gasteiger partial charge is 0.331 e. The number of fused-ring (bicyclic) bond motifs is 1. The number of imidazole rings is 1. The molecule has 0 N–H and O–H groups in total. The number of oxime groups is 1. The number of hydrogen-bond acceptors (Lipinski definition) is 4. The monoisotopic (exact) mass is 299 g/mol. The molecule has 2 rings (SSSR count). The van der Waals surface area contributed by atoms with Crippen LogP contribution in [0.5, 0.6) is 0 Å². The molecule has 0 atom stereocenters. The van der Waals surface area contributed by atoms with Gasteiger partial charge in [-0.25, -0.2) is 9.78 Å². The fraction of sp³-hybridized carbons (Fsp3) is 0.353. The first-order chi connectivity index (χ1) is 10.6. The lowest BCUT2D eigenvalue weighted by molar-refractivity contribution is -0.140. The third-order valence-electron chi connectivity index (χ3n) is 3.39. The van der Waals surface area contributed by atoms with Crippen molar-refractivity contribution in [2.24, 2.45) is 5.16 Å². The van der Waals surface area contributed by atoms with Gasteiger partial charge in [-0.15, -0.1) is 0 Å². The fourth-order valence-corrected chi connectivity index (χ4v) is 2.23. The van der Waals surface area contributed by atoms with Crippen LogP contribution < -0.4 is 0 Å². The average molecular weight is 299 g/mol. The zero-order valence-corrected chi connectivity index (χ0v) is 13.2. The van der Waals surface area contributed by atoms with Gasteiger partial charge < -0.3 is 9.40 Å². The number of nitrogens with zero attached hydrogens (tertiary/aromatic N) is 3. The maximum Gasteiger partial charge on any atom is 0.331 e. The summed E-state index contributed by atoms with van der Waals surface area (Å²) >= 11 is 0. The molecule has 22 heavy (non-hydrogen) atoms. The summed E-state index contributed by atoms with van der Waals surface area (Å²) in [6.45, 7) is 6.25. The normalized spacial score (nSPS) is 12.2. The first-order valence-corrected chi connectivity index (χ1v) is 7.35. The molecular weight excluding hydrogens is 278 g/mol. The van der Waals surface area contributed by atoms with E-state index < -0.39 is 5.97 Å². The van der Waals surface area contributed by atoms with Gasteiger partial charge in [0.15, 0.2) is 0 Å². The molecule has 0 radical (unpaired) electrons. The molecule has 0 saturated carbocycles. The van der Waals surface area contributed by atoms with Crippen LogP contribution in [0.2, 0.25) is 0 Å². The van der Waals surface area contributed by atoms with Gasteiger partial charge in [0, 0.05) is 19.7 Å². The SMILES string of the molecule is CC(=O)ON=CCC/C(C)=C/Cn1c(C)nc2ccccc21. The zero-order chi connectivity index (χ0) is 15.9. The quantitative estimate of drug-likeness (QED) is 0.354. The molecule has 0 saturated heterocycles. The molecular formula is C17H21N3O2. The van der Waals surface area contributed by atoms with Crippen LogP contribution in [0.4, 0.5) is 0 Å². The van der Waals surface area contributed by atoms with E-state index in [0.717, 1.165) is 36.2 Å². The summed E-state index contributed by atoms with van der Waals surface area (Å²) in [6, 6.07) is 8.15. The predicted molar refractivity (Wildman–Crippen MR) is 87.7 cm³/mol. The molecule has 0 unspecified atom stereocenters. The van der Waals surface area contributed by atoms with Crippen molar-refractivity contribution in [3.8, 4) is 0 Å². The number of aromatic nitrogens is 2. The maximum absolute atomic E-state index is 10.6. The fourth-order valence-electron chi connectivity index (χ4n) is 2.23. The van der Waals surface area contributed by atoms with Gasteiger partial charge in [0.25, 0.3) is 0 Å². The lowest BCUT2D eigenvalue weighted by Crippen LogP contribution is -1.98. The Morgan fingerprint density at radius 2 is 2.14 bits per heavy atom. The van der Waals surface area contributed by atoms with Gasteiger partial charge >= 0.3 is 5.97 Å². The average Bonchev–Trinajstić information content (AvgIpc) is 2.80. The molecule has 0 aliphatic carbocycles. The topological polar surface area (TPSA) is 56.5 Å². The van der Waals surface area contributed by atoms with Crippen molar-refractivity contribution in [2.75, 3.05) is 0 Å². The zero-order valence-electron chi connectivity index (χ0n) is 13.2. The lowest BCUT2D eigenvalue weighted by Gasteiger charge is -2.04. The third kappa shape index (κ3) is 4.28. The van der Waals surface area contributed by atoms with E-state index in [1.807, 2.05) is 25.1 Å². The first kappa shape index (κ1) is 15.9. The summed E-state index contributed by atoms with van der Waals surface area (Å²) in [4.78, 5) is 19.6. The van der Waals surface area contributed by atoms with E-state index in [1.165, 1.54) is 12.5 Å². The minimum atomic E-state index is -0.397. The smallest absolute Gasteiger partial charge is 0.324 e. The van der Waals surface area contributed by atoms with E-state index in [2.05, 4.69) is 38.6 Å². The van der Waals surface area contributed by atoms with Crippen molar-refractivity contribution in [3.05, 3.63) is 41.7 Å². The van der Waals surface area contributed by atoms with E-state index >= 15 is 0 Å².